The third-order valence-electron chi connectivity index (χ3n) is 3.07. The maximum absolute atomic E-state index is 11.5. The maximum Gasteiger partial charge on any atom is 0.237 e. The summed E-state index contributed by atoms with van der Waals surface area (Å²) in [5.74, 6) is -0.356. The van der Waals surface area contributed by atoms with Crippen molar-refractivity contribution in [1.29, 1.82) is 0 Å². The summed E-state index contributed by atoms with van der Waals surface area (Å²) in [6, 6.07) is 0. The fourth-order valence-corrected chi connectivity index (χ4v) is 2.00. The van der Waals surface area contributed by atoms with E-state index in [0.717, 1.165) is 6.42 Å². The fraction of sp³-hybridized carbons (Fsp3) is 0.929. The first-order valence-electron chi connectivity index (χ1n) is 7.19. The van der Waals surface area contributed by atoms with Crippen LogP contribution < -0.4 is 11.1 Å². The molecule has 0 aliphatic rings. The molecule has 120 valence electrons. The van der Waals surface area contributed by atoms with Crippen LogP contribution in [0.1, 0.15) is 33.6 Å². The van der Waals surface area contributed by atoms with Crippen LogP contribution in [0.2, 0.25) is 0 Å². The number of ether oxygens (including phenoxy) is 3. The number of carbonyl (C=O) groups excluding carboxylic acids is 1. The third-order valence-corrected chi connectivity index (χ3v) is 3.07. The molecule has 0 spiro atoms. The number of likely N-dealkylation sites (N-methyl/N-ethyl adjacent to an activating group) is 1. The highest BCUT2D eigenvalue weighted by atomic mass is 16.5. The average molecular weight is 290 g/mol. The molecule has 2 unspecified atom stereocenters. The Morgan fingerprint density at radius 3 is 2.55 bits per heavy atom. The zero-order valence-electron chi connectivity index (χ0n) is 13.2. The molecule has 0 aromatic carbocycles. The molecule has 0 rings (SSSR count). The summed E-state index contributed by atoms with van der Waals surface area (Å²) in [4.78, 5) is 11.5. The Morgan fingerprint density at radius 1 is 1.30 bits per heavy atom. The lowest BCUT2D eigenvalue weighted by atomic mass is 9.94. The van der Waals surface area contributed by atoms with E-state index in [4.69, 9.17) is 19.9 Å². The second-order valence-electron chi connectivity index (χ2n) is 5.07. The highest BCUT2D eigenvalue weighted by Crippen LogP contribution is 2.14. The summed E-state index contributed by atoms with van der Waals surface area (Å²) < 4.78 is 16.0. The number of nitrogens with two attached hydrogens (primary N) is 1. The Hall–Kier alpha value is -0.690. The summed E-state index contributed by atoms with van der Waals surface area (Å²) in [5, 5.41) is 3.11. The molecule has 6 heteroatoms. The predicted molar refractivity (Wildman–Crippen MR) is 78.6 cm³/mol. The van der Waals surface area contributed by atoms with Crippen LogP contribution >= 0.6 is 0 Å². The van der Waals surface area contributed by atoms with E-state index in [0.29, 0.717) is 39.4 Å². The van der Waals surface area contributed by atoms with E-state index in [1.54, 1.807) is 14.0 Å². The van der Waals surface area contributed by atoms with Crippen molar-refractivity contribution in [2.24, 2.45) is 5.73 Å². The number of primary amides is 1. The molecule has 20 heavy (non-hydrogen) atoms. The molecule has 3 N–H and O–H groups in total. The third kappa shape index (κ3) is 8.47. The minimum atomic E-state index is -0.729. The summed E-state index contributed by atoms with van der Waals surface area (Å²) in [7, 11) is 1.67. The summed E-state index contributed by atoms with van der Waals surface area (Å²) >= 11 is 0. The van der Waals surface area contributed by atoms with Crippen molar-refractivity contribution in [1.82, 2.24) is 5.32 Å². The maximum atomic E-state index is 11.5. The largest absolute Gasteiger partial charge is 0.385 e. The second kappa shape index (κ2) is 11.0. The highest BCUT2D eigenvalue weighted by molar-refractivity contribution is 5.84. The predicted octanol–water partition coefficient (Wildman–Crippen LogP) is 0.688. The van der Waals surface area contributed by atoms with Gasteiger partial charge in [0.1, 0.15) is 0 Å². The molecule has 0 saturated heterocycles. The van der Waals surface area contributed by atoms with Crippen molar-refractivity contribution >= 4 is 5.91 Å². The van der Waals surface area contributed by atoms with Crippen LogP contribution in [0.15, 0.2) is 0 Å². The van der Waals surface area contributed by atoms with Gasteiger partial charge in [-0.2, -0.15) is 0 Å². The molecule has 0 heterocycles. The number of hydrogen-bond acceptors (Lipinski definition) is 5. The smallest absolute Gasteiger partial charge is 0.237 e. The molecule has 2 atom stereocenters. The molecule has 6 nitrogen and oxygen atoms in total. The standard InChI is InChI=1S/C14H30N2O4/c1-5-16-14(3,13(15)17)11-12(2)20-10-9-19-8-6-7-18-4/h12,16H,5-11H2,1-4H3,(H2,15,17). The molecule has 1 amide bonds. The zero-order chi connectivity index (χ0) is 15.4. The van der Waals surface area contributed by atoms with Crippen molar-refractivity contribution in [3.05, 3.63) is 0 Å². The van der Waals surface area contributed by atoms with Gasteiger partial charge < -0.3 is 25.3 Å². The summed E-state index contributed by atoms with van der Waals surface area (Å²) in [6.45, 7) is 8.80. The Labute approximate surface area is 122 Å². The van der Waals surface area contributed by atoms with Crippen molar-refractivity contribution < 1.29 is 19.0 Å². The van der Waals surface area contributed by atoms with Gasteiger partial charge in [-0.25, -0.2) is 0 Å². The highest BCUT2D eigenvalue weighted by Gasteiger charge is 2.31. The molecular formula is C14H30N2O4. The van der Waals surface area contributed by atoms with Crippen molar-refractivity contribution in [2.75, 3.05) is 40.1 Å². The molecule has 0 bridgehead atoms. The van der Waals surface area contributed by atoms with Crippen LogP contribution in [0.5, 0.6) is 0 Å². The SMILES string of the molecule is CCNC(C)(CC(C)OCCOCCCOC)C(N)=O. The topological polar surface area (TPSA) is 82.8 Å². The Kier molecular flexibility index (Phi) is 10.6. The van der Waals surface area contributed by atoms with E-state index in [1.165, 1.54) is 0 Å². The number of methoxy groups -OCH3 is 1. The quantitative estimate of drug-likeness (QED) is 0.488. The van der Waals surface area contributed by atoms with E-state index in [2.05, 4.69) is 5.32 Å². The Bertz CT molecular complexity index is 264. The van der Waals surface area contributed by atoms with Crippen molar-refractivity contribution in [3.8, 4) is 0 Å². The Balaban J connectivity index is 3.80. The first kappa shape index (κ1) is 19.3. The lowest BCUT2D eigenvalue weighted by Gasteiger charge is -2.29. The zero-order valence-corrected chi connectivity index (χ0v) is 13.2. The van der Waals surface area contributed by atoms with Crippen LogP contribution in [0, 0.1) is 0 Å². The van der Waals surface area contributed by atoms with Gasteiger partial charge in [0.2, 0.25) is 5.91 Å². The van der Waals surface area contributed by atoms with E-state index >= 15 is 0 Å². The van der Waals surface area contributed by atoms with Gasteiger partial charge in [0.05, 0.1) is 24.9 Å². The molecule has 0 aromatic heterocycles. The van der Waals surface area contributed by atoms with Gasteiger partial charge in [-0.05, 0) is 26.8 Å². The van der Waals surface area contributed by atoms with E-state index in [1.807, 2.05) is 13.8 Å². The van der Waals surface area contributed by atoms with Crippen LogP contribution in [0.25, 0.3) is 0 Å². The van der Waals surface area contributed by atoms with Gasteiger partial charge in [-0.3, -0.25) is 4.79 Å². The minimum Gasteiger partial charge on any atom is -0.385 e. The molecule has 0 saturated carbocycles. The number of rotatable bonds is 13. The van der Waals surface area contributed by atoms with Gasteiger partial charge in [-0.1, -0.05) is 6.92 Å². The lowest BCUT2D eigenvalue weighted by molar-refractivity contribution is -0.125. The summed E-state index contributed by atoms with van der Waals surface area (Å²) in [5.41, 5.74) is 4.71. The molecule has 0 radical (unpaired) electrons. The summed E-state index contributed by atoms with van der Waals surface area (Å²) in [6.07, 6.45) is 1.36. The first-order valence-corrected chi connectivity index (χ1v) is 7.19. The van der Waals surface area contributed by atoms with Gasteiger partial charge >= 0.3 is 0 Å². The second-order valence-corrected chi connectivity index (χ2v) is 5.07. The molecular weight excluding hydrogens is 260 g/mol. The number of carbonyl (C=O) groups is 1. The lowest BCUT2D eigenvalue weighted by Crippen LogP contribution is -2.54. The van der Waals surface area contributed by atoms with Gasteiger partial charge in [0, 0.05) is 26.7 Å². The molecule has 0 aliphatic carbocycles. The van der Waals surface area contributed by atoms with Crippen molar-refractivity contribution in [3.63, 3.8) is 0 Å². The van der Waals surface area contributed by atoms with E-state index in [-0.39, 0.29) is 12.0 Å². The Morgan fingerprint density at radius 2 is 2.00 bits per heavy atom. The average Bonchev–Trinajstić information content (AvgIpc) is 2.37. The van der Waals surface area contributed by atoms with Gasteiger partial charge in [-0.15, -0.1) is 0 Å². The number of hydrogen-bond donors (Lipinski definition) is 2. The number of nitrogens with one attached hydrogen (secondary N) is 1. The monoisotopic (exact) mass is 290 g/mol. The fourth-order valence-electron chi connectivity index (χ4n) is 2.00. The normalized spacial score (nSPS) is 15.8. The molecule has 0 aliphatic heterocycles. The van der Waals surface area contributed by atoms with Crippen LogP contribution in [-0.2, 0) is 19.0 Å². The van der Waals surface area contributed by atoms with Crippen LogP contribution in [0.4, 0.5) is 0 Å². The van der Waals surface area contributed by atoms with Crippen LogP contribution in [-0.4, -0.2) is 57.6 Å². The molecule has 0 fully saturated rings. The van der Waals surface area contributed by atoms with E-state index < -0.39 is 5.54 Å². The first-order chi connectivity index (χ1) is 9.46. The molecule has 0 aromatic rings. The van der Waals surface area contributed by atoms with Crippen molar-refractivity contribution in [2.45, 2.75) is 45.3 Å². The minimum absolute atomic E-state index is 0.0610. The van der Waals surface area contributed by atoms with Gasteiger partial charge in [0.25, 0.3) is 0 Å². The number of amides is 1. The van der Waals surface area contributed by atoms with E-state index in [9.17, 15) is 4.79 Å². The van der Waals surface area contributed by atoms with Crippen LogP contribution in [0.3, 0.4) is 0 Å². The van der Waals surface area contributed by atoms with Gasteiger partial charge in [0.15, 0.2) is 0 Å².